The summed E-state index contributed by atoms with van der Waals surface area (Å²) in [6.45, 7) is 4.43. The van der Waals surface area contributed by atoms with E-state index in [-0.39, 0.29) is 18.3 Å². The van der Waals surface area contributed by atoms with Crippen molar-refractivity contribution in [3.8, 4) is 0 Å². The third kappa shape index (κ3) is 1.59. The van der Waals surface area contributed by atoms with Gasteiger partial charge in [-0.25, -0.2) is 0 Å². The molecule has 2 rings (SSSR count). The minimum Gasteiger partial charge on any atom is -0.365 e. The fourth-order valence-electron chi connectivity index (χ4n) is 1.48. The second-order valence-electron chi connectivity index (χ2n) is 3.66. The minimum absolute atomic E-state index is 0.0729. The van der Waals surface area contributed by atoms with Crippen molar-refractivity contribution in [3.05, 3.63) is 0 Å². The summed E-state index contributed by atoms with van der Waals surface area (Å²) in [6.07, 6.45) is 0.405. The molecule has 0 saturated carbocycles. The largest absolute Gasteiger partial charge is 0.365 e. The summed E-state index contributed by atoms with van der Waals surface area (Å²) in [5, 5.41) is 0. The van der Waals surface area contributed by atoms with Crippen LogP contribution >= 0.6 is 11.6 Å². The molecule has 3 nitrogen and oxygen atoms in total. The van der Waals surface area contributed by atoms with Gasteiger partial charge in [-0.05, 0) is 13.8 Å². The van der Waals surface area contributed by atoms with E-state index in [4.69, 9.17) is 25.8 Å². The molecule has 12 heavy (non-hydrogen) atoms. The van der Waals surface area contributed by atoms with Crippen LogP contribution in [-0.2, 0) is 14.2 Å². The Morgan fingerprint density at radius 1 is 1.50 bits per heavy atom. The quantitative estimate of drug-likeness (QED) is 0.486. The summed E-state index contributed by atoms with van der Waals surface area (Å²) < 4.78 is 16.3. The molecule has 2 aliphatic rings. The summed E-state index contributed by atoms with van der Waals surface area (Å²) in [4.78, 5) is 0. The molecule has 2 aliphatic heterocycles. The van der Waals surface area contributed by atoms with Crippen LogP contribution in [0.4, 0.5) is 0 Å². The second kappa shape index (κ2) is 2.84. The number of halogens is 1. The topological polar surface area (TPSA) is 31.0 Å². The van der Waals surface area contributed by atoms with E-state index in [1.807, 2.05) is 13.8 Å². The van der Waals surface area contributed by atoms with Crippen LogP contribution in [0.5, 0.6) is 0 Å². The van der Waals surface area contributed by atoms with Gasteiger partial charge in [-0.2, -0.15) is 0 Å². The van der Waals surface area contributed by atoms with Gasteiger partial charge in [0.25, 0.3) is 0 Å². The van der Waals surface area contributed by atoms with Crippen LogP contribution in [0.3, 0.4) is 0 Å². The van der Waals surface area contributed by atoms with Gasteiger partial charge in [0.2, 0.25) is 0 Å². The predicted molar refractivity (Wildman–Crippen MR) is 44.3 cm³/mol. The lowest BCUT2D eigenvalue weighted by Gasteiger charge is -2.16. The van der Waals surface area contributed by atoms with Crippen LogP contribution < -0.4 is 0 Å². The summed E-state index contributed by atoms with van der Waals surface area (Å²) in [5.41, 5.74) is 0. The molecule has 0 unspecified atom stereocenters. The Hall–Kier alpha value is 0.170. The molecule has 3 atom stereocenters. The van der Waals surface area contributed by atoms with Crippen LogP contribution in [0.1, 0.15) is 13.8 Å². The highest BCUT2D eigenvalue weighted by Gasteiger charge is 2.50. The number of alkyl halides is 1. The highest BCUT2D eigenvalue weighted by atomic mass is 35.5. The summed E-state index contributed by atoms with van der Waals surface area (Å²) in [5.74, 6) is 0.0957. The number of epoxide rings is 1. The van der Waals surface area contributed by atoms with Crippen molar-refractivity contribution >= 4 is 11.6 Å². The van der Waals surface area contributed by atoms with E-state index >= 15 is 0 Å². The predicted octanol–water partition coefficient (Wildman–Crippen LogP) is 1.14. The molecule has 4 heteroatoms. The van der Waals surface area contributed by atoms with Crippen LogP contribution in [0.2, 0.25) is 0 Å². The Morgan fingerprint density at radius 2 is 2.25 bits per heavy atom. The molecule has 0 bridgehead atoms. The van der Waals surface area contributed by atoms with Gasteiger partial charge in [-0.15, -0.1) is 11.6 Å². The van der Waals surface area contributed by atoms with Crippen molar-refractivity contribution in [1.29, 1.82) is 0 Å². The van der Waals surface area contributed by atoms with Gasteiger partial charge in [0.05, 0.1) is 12.5 Å². The average Bonchev–Trinajstić information content (AvgIpc) is 2.70. The van der Waals surface area contributed by atoms with Crippen LogP contribution in [-0.4, -0.2) is 36.6 Å². The maximum atomic E-state index is 5.62. The third-order valence-corrected chi connectivity index (χ3v) is 2.47. The lowest BCUT2D eigenvalue weighted by Crippen LogP contribution is -2.25. The summed E-state index contributed by atoms with van der Waals surface area (Å²) in [7, 11) is 0. The molecular weight excluding hydrogens is 180 g/mol. The first-order valence-electron chi connectivity index (χ1n) is 4.15. The maximum absolute atomic E-state index is 5.62. The zero-order valence-corrected chi connectivity index (χ0v) is 8.00. The van der Waals surface area contributed by atoms with Gasteiger partial charge in [-0.3, -0.25) is 0 Å². The Bertz CT molecular complexity index is 183. The monoisotopic (exact) mass is 192 g/mol. The van der Waals surface area contributed by atoms with Gasteiger partial charge in [-0.1, -0.05) is 0 Å². The first-order chi connectivity index (χ1) is 5.62. The molecule has 2 saturated heterocycles. The second-order valence-corrected chi connectivity index (χ2v) is 3.97. The van der Waals surface area contributed by atoms with Crippen molar-refractivity contribution in [2.24, 2.45) is 0 Å². The first kappa shape index (κ1) is 8.75. The fourth-order valence-corrected chi connectivity index (χ4v) is 1.73. The standard InChI is InChI=1S/C8H13ClO3/c1-8(2)10-4-6(12-8)7-5(3-9)11-7/h5-7H,3-4H2,1-2H3/t5-,6+,7+/m1/s1. The minimum atomic E-state index is -0.451. The van der Waals surface area contributed by atoms with E-state index in [0.717, 1.165) is 0 Å². The van der Waals surface area contributed by atoms with Crippen molar-refractivity contribution in [1.82, 2.24) is 0 Å². The van der Waals surface area contributed by atoms with Crippen molar-refractivity contribution < 1.29 is 14.2 Å². The van der Waals surface area contributed by atoms with Gasteiger partial charge in [0, 0.05) is 0 Å². The molecule has 0 spiro atoms. The molecule has 0 aliphatic carbocycles. The normalized spacial score (nSPS) is 44.8. The van der Waals surface area contributed by atoms with Crippen LogP contribution in [0.25, 0.3) is 0 Å². The lowest BCUT2D eigenvalue weighted by atomic mass is 10.2. The summed E-state index contributed by atoms with van der Waals surface area (Å²) in [6, 6.07) is 0. The Labute approximate surface area is 76.9 Å². The third-order valence-electron chi connectivity index (χ3n) is 2.17. The molecule has 2 heterocycles. The van der Waals surface area contributed by atoms with E-state index in [1.54, 1.807) is 0 Å². The van der Waals surface area contributed by atoms with Crippen molar-refractivity contribution in [2.75, 3.05) is 12.5 Å². The lowest BCUT2D eigenvalue weighted by molar-refractivity contribution is -0.140. The number of hydrogen-bond acceptors (Lipinski definition) is 3. The first-order valence-corrected chi connectivity index (χ1v) is 4.69. The zero-order chi connectivity index (χ0) is 8.77. The highest BCUT2D eigenvalue weighted by Crippen LogP contribution is 2.34. The molecule has 70 valence electrons. The number of ether oxygens (including phenoxy) is 3. The van der Waals surface area contributed by atoms with Gasteiger partial charge >= 0.3 is 0 Å². The van der Waals surface area contributed by atoms with Crippen molar-refractivity contribution in [3.63, 3.8) is 0 Å². The zero-order valence-electron chi connectivity index (χ0n) is 7.25. The molecule has 0 aromatic heterocycles. The Morgan fingerprint density at radius 3 is 2.67 bits per heavy atom. The molecule has 0 aromatic carbocycles. The molecular formula is C8H13ClO3. The Kier molecular flexibility index (Phi) is 2.07. The molecule has 0 amide bonds. The van der Waals surface area contributed by atoms with Gasteiger partial charge in [0.1, 0.15) is 18.3 Å². The number of hydrogen-bond donors (Lipinski definition) is 0. The average molecular weight is 193 g/mol. The van der Waals surface area contributed by atoms with E-state index in [1.165, 1.54) is 0 Å². The fraction of sp³-hybridized carbons (Fsp3) is 1.00. The molecule has 0 radical (unpaired) electrons. The maximum Gasteiger partial charge on any atom is 0.163 e. The molecule has 0 N–H and O–H groups in total. The molecule has 0 aromatic rings. The van der Waals surface area contributed by atoms with E-state index in [0.29, 0.717) is 12.5 Å². The van der Waals surface area contributed by atoms with E-state index in [2.05, 4.69) is 0 Å². The van der Waals surface area contributed by atoms with Crippen LogP contribution in [0, 0.1) is 0 Å². The van der Waals surface area contributed by atoms with Crippen molar-refractivity contribution in [2.45, 2.75) is 37.9 Å². The smallest absolute Gasteiger partial charge is 0.163 e. The van der Waals surface area contributed by atoms with Gasteiger partial charge < -0.3 is 14.2 Å². The van der Waals surface area contributed by atoms with E-state index in [9.17, 15) is 0 Å². The van der Waals surface area contributed by atoms with Gasteiger partial charge in [0.15, 0.2) is 5.79 Å². The summed E-state index contributed by atoms with van der Waals surface area (Å²) >= 11 is 5.62. The van der Waals surface area contributed by atoms with E-state index < -0.39 is 5.79 Å². The number of rotatable bonds is 2. The highest BCUT2D eigenvalue weighted by molar-refractivity contribution is 6.18. The van der Waals surface area contributed by atoms with Crippen LogP contribution in [0.15, 0.2) is 0 Å². The SMILES string of the molecule is CC1(C)OC[C@@H]([C@H]2O[C@@H]2CCl)O1. The molecule has 2 fully saturated rings. The Balaban J connectivity index is 1.85.